The Labute approximate surface area is 197 Å². The molecule has 0 spiro atoms. The molecule has 2 unspecified atom stereocenters. The first-order valence-corrected chi connectivity index (χ1v) is 12.2. The minimum absolute atomic E-state index is 0.276. The molecule has 6 rings (SSSR count). The molecular weight excluding hydrogens is 414 g/mol. The third-order valence-corrected chi connectivity index (χ3v) is 7.55. The highest BCUT2D eigenvalue weighted by Gasteiger charge is 2.43. The van der Waals surface area contributed by atoms with Gasteiger partial charge in [-0.25, -0.2) is 0 Å². The second kappa shape index (κ2) is 9.39. The summed E-state index contributed by atoms with van der Waals surface area (Å²) in [5, 5.41) is 0.813. The molecule has 3 aromatic rings. The van der Waals surface area contributed by atoms with Gasteiger partial charge in [0, 0.05) is 16.6 Å². The van der Waals surface area contributed by atoms with Crippen molar-refractivity contribution in [1.29, 1.82) is 0 Å². The topological polar surface area (TPSA) is 12.5 Å². The van der Waals surface area contributed by atoms with Gasteiger partial charge in [0.15, 0.2) is 0 Å². The van der Waals surface area contributed by atoms with Gasteiger partial charge in [0.25, 0.3) is 0 Å². The first kappa shape index (κ1) is 21.7. The average molecular weight is 446 g/mol. The highest BCUT2D eigenvalue weighted by atomic mass is 35.5. The van der Waals surface area contributed by atoms with Gasteiger partial charge in [-0.3, -0.25) is 4.90 Å². The van der Waals surface area contributed by atoms with Crippen molar-refractivity contribution in [2.45, 2.75) is 51.9 Å². The number of aryl methyl sites for hydroxylation is 2. The zero-order valence-electron chi connectivity index (χ0n) is 19.1. The summed E-state index contributed by atoms with van der Waals surface area (Å²) < 4.78 is 6.70. The molecular formula is C29H32ClNO. The van der Waals surface area contributed by atoms with Crippen LogP contribution in [-0.4, -0.2) is 30.1 Å². The number of nitrogens with zero attached hydrogens (tertiary/aromatic N) is 1. The number of hydrogen-bond acceptors (Lipinski definition) is 2. The lowest BCUT2D eigenvalue weighted by molar-refractivity contribution is -0.115. The van der Waals surface area contributed by atoms with Crippen LogP contribution in [0.3, 0.4) is 0 Å². The number of halogens is 1. The summed E-state index contributed by atoms with van der Waals surface area (Å²) >= 11 is 6.57. The Morgan fingerprint density at radius 3 is 2.25 bits per heavy atom. The molecule has 2 atom stereocenters. The molecule has 3 heteroatoms. The Hall–Kier alpha value is -2.13. The summed E-state index contributed by atoms with van der Waals surface area (Å²) in [5.41, 5.74) is 7.63. The van der Waals surface area contributed by atoms with E-state index < -0.39 is 0 Å². The molecule has 2 nitrogen and oxygen atoms in total. The van der Waals surface area contributed by atoms with E-state index in [1.54, 1.807) is 0 Å². The molecule has 3 aliphatic heterocycles. The minimum Gasteiger partial charge on any atom is -0.372 e. The van der Waals surface area contributed by atoms with E-state index in [4.69, 9.17) is 16.3 Å². The monoisotopic (exact) mass is 445 g/mol. The van der Waals surface area contributed by atoms with E-state index >= 15 is 0 Å². The van der Waals surface area contributed by atoms with E-state index in [-0.39, 0.29) is 6.10 Å². The third-order valence-electron chi connectivity index (χ3n) is 7.22. The maximum Gasteiger partial charge on any atom is 0.0767 e. The first-order chi connectivity index (χ1) is 15.6. The smallest absolute Gasteiger partial charge is 0.0767 e. The fraction of sp³-hybridized carbons (Fsp3) is 0.379. The maximum absolute atomic E-state index is 6.70. The van der Waals surface area contributed by atoms with E-state index in [1.807, 2.05) is 12.1 Å². The van der Waals surface area contributed by atoms with E-state index in [2.05, 4.69) is 73.3 Å². The van der Waals surface area contributed by atoms with Gasteiger partial charge in [-0.05, 0) is 74.9 Å². The van der Waals surface area contributed by atoms with Crippen LogP contribution >= 0.6 is 11.6 Å². The second-order valence-electron chi connectivity index (χ2n) is 9.55. The van der Waals surface area contributed by atoms with E-state index in [0.717, 1.165) is 17.0 Å². The van der Waals surface area contributed by atoms with Gasteiger partial charge in [-0.15, -0.1) is 0 Å². The zero-order chi connectivity index (χ0) is 22.1. The van der Waals surface area contributed by atoms with Crippen molar-refractivity contribution in [2.75, 3.05) is 13.1 Å². The van der Waals surface area contributed by atoms with Crippen molar-refractivity contribution in [3.63, 3.8) is 0 Å². The predicted octanol–water partition coefficient (Wildman–Crippen LogP) is 6.85. The summed E-state index contributed by atoms with van der Waals surface area (Å²) in [7, 11) is 0. The van der Waals surface area contributed by atoms with Crippen molar-refractivity contribution in [1.82, 2.24) is 4.90 Å². The number of benzene rings is 3. The number of fused-ring (bicyclic) bond motifs is 3. The van der Waals surface area contributed by atoms with Gasteiger partial charge >= 0.3 is 0 Å². The largest absolute Gasteiger partial charge is 0.372 e. The van der Waals surface area contributed by atoms with E-state index in [9.17, 15) is 0 Å². The number of ether oxygens (including phenoxy) is 1. The minimum atomic E-state index is 0.276. The third kappa shape index (κ3) is 4.50. The van der Waals surface area contributed by atoms with Crippen LogP contribution in [0, 0.1) is 19.8 Å². The Kier molecular flexibility index (Phi) is 6.37. The zero-order valence-corrected chi connectivity index (χ0v) is 19.8. The van der Waals surface area contributed by atoms with Crippen LogP contribution in [0.1, 0.15) is 35.1 Å². The molecule has 0 amide bonds. The van der Waals surface area contributed by atoms with Gasteiger partial charge in [-0.1, -0.05) is 83.4 Å². The molecule has 0 radical (unpaired) electrons. The molecule has 3 saturated heterocycles. The highest BCUT2D eigenvalue weighted by Crippen LogP contribution is 2.38. The quantitative estimate of drug-likeness (QED) is 0.411. The molecule has 0 saturated carbocycles. The fourth-order valence-electron chi connectivity index (χ4n) is 5.80. The van der Waals surface area contributed by atoms with Gasteiger partial charge in [0.2, 0.25) is 0 Å². The van der Waals surface area contributed by atoms with Gasteiger partial charge in [-0.2, -0.15) is 0 Å². The van der Waals surface area contributed by atoms with E-state index in [1.165, 1.54) is 53.7 Å². The summed E-state index contributed by atoms with van der Waals surface area (Å²) in [5.74, 6) is 0.656. The van der Waals surface area contributed by atoms with Gasteiger partial charge < -0.3 is 4.74 Å². The maximum atomic E-state index is 6.70. The summed E-state index contributed by atoms with van der Waals surface area (Å²) in [4.78, 5) is 2.66. The van der Waals surface area contributed by atoms with Gasteiger partial charge in [0.05, 0.1) is 12.7 Å². The number of piperidine rings is 3. The molecule has 3 fully saturated rings. The number of rotatable bonds is 6. The van der Waals surface area contributed by atoms with Crippen LogP contribution in [0.25, 0.3) is 11.1 Å². The summed E-state index contributed by atoms with van der Waals surface area (Å²) in [6, 6.07) is 24.1. The van der Waals surface area contributed by atoms with Crippen LogP contribution in [0.5, 0.6) is 0 Å². The van der Waals surface area contributed by atoms with Gasteiger partial charge in [0.1, 0.15) is 0 Å². The molecule has 3 aromatic carbocycles. The normalized spacial score (nSPS) is 24.6. The fourth-order valence-corrected chi connectivity index (χ4v) is 6.04. The van der Waals surface area contributed by atoms with Crippen molar-refractivity contribution < 1.29 is 4.74 Å². The van der Waals surface area contributed by atoms with Crippen LogP contribution < -0.4 is 0 Å². The second-order valence-corrected chi connectivity index (χ2v) is 9.96. The molecule has 32 heavy (non-hydrogen) atoms. The van der Waals surface area contributed by atoms with Crippen molar-refractivity contribution in [3.8, 4) is 11.1 Å². The Balaban J connectivity index is 1.40. The van der Waals surface area contributed by atoms with Crippen LogP contribution in [0.15, 0.2) is 66.7 Å². The molecule has 3 aliphatic rings. The Bertz CT molecular complexity index is 1070. The van der Waals surface area contributed by atoms with Crippen molar-refractivity contribution in [2.24, 2.45) is 5.92 Å². The summed E-state index contributed by atoms with van der Waals surface area (Å²) in [6.45, 7) is 7.40. The molecule has 166 valence electrons. The predicted molar refractivity (Wildman–Crippen MR) is 133 cm³/mol. The lowest BCUT2D eigenvalue weighted by atomic mass is 9.77. The lowest BCUT2D eigenvalue weighted by Gasteiger charge is -2.51. The molecule has 0 N–H and O–H groups in total. The average Bonchev–Trinajstić information content (AvgIpc) is 2.79. The van der Waals surface area contributed by atoms with E-state index in [0.29, 0.717) is 18.6 Å². The van der Waals surface area contributed by atoms with Crippen LogP contribution in [0.4, 0.5) is 0 Å². The molecule has 3 heterocycles. The SMILES string of the molecule is Cc1cc(C)cc(COC2C3CCN(CC3)C2Cc2ccccc2-c2ccccc2Cl)c1. The number of hydrogen-bond donors (Lipinski definition) is 0. The molecule has 2 bridgehead atoms. The standard InChI is InChI=1S/C29H32ClNO/c1-20-15-21(2)17-22(16-20)19-32-29-23-11-13-31(14-12-23)28(29)18-24-7-3-4-8-25(24)26-9-5-6-10-27(26)30/h3-10,15-17,23,28-29H,11-14,18-19H2,1-2H3. The van der Waals surface area contributed by atoms with Crippen molar-refractivity contribution >= 4 is 11.6 Å². The molecule has 0 aromatic heterocycles. The lowest BCUT2D eigenvalue weighted by Crippen LogP contribution is -2.59. The van der Waals surface area contributed by atoms with Crippen molar-refractivity contribution in [3.05, 3.63) is 94.0 Å². The van der Waals surface area contributed by atoms with Crippen LogP contribution in [-0.2, 0) is 17.8 Å². The Morgan fingerprint density at radius 1 is 0.875 bits per heavy atom. The highest BCUT2D eigenvalue weighted by molar-refractivity contribution is 6.33. The molecule has 0 aliphatic carbocycles. The Morgan fingerprint density at radius 2 is 1.53 bits per heavy atom. The summed E-state index contributed by atoms with van der Waals surface area (Å²) in [6.07, 6.45) is 3.77. The first-order valence-electron chi connectivity index (χ1n) is 11.8. The van der Waals surface area contributed by atoms with Crippen LogP contribution in [0.2, 0.25) is 5.02 Å².